The van der Waals surface area contributed by atoms with Crippen molar-refractivity contribution in [1.82, 2.24) is 14.3 Å². The average molecular weight is 556 g/mol. The van der Waals surface area contributed by atoms with Crippen LogP contribution < -0.4 is 4.74 Å². The highest BCUT2D eigenvalue weighted by Gasteiger charge is 2.44. The molecule has 37 heavy (non-hydrogen) atoms. The minimum atomic E-state index is -0.327. The summed E-state index contributed by atoms with van der Waals surface area (Å²) < 4.78 is 16.5. The van der Waals surface area contributed by atoms with Crippen molar-refractivity contribution in [3.8, 4) is 5.75 Å². The molecule has 2 bridgehead atoms. The SMILES string of the molecule is CCOC(=O)c1ccc(OC2CC3CCC(C2)N3C(=O)c2ccc(CSc3nc(SC)ns3)cc2)cc1. The van der Waals surface area contributed by atoms with Crippen LogP contribution in [0.3, 0.4) is 0 Å². The van der Waals surface area contributed by atoms with Gasteiger partial charge in [-0.2, -0.15) is 4.37 Å². The van der Waals surface area contributed by atoms with E-state index in [2.05, 4.69) is 14.3 Å². The Kier molecular flexibility index (Phi) is 8.36. The number of nitrogens with zero attached hydrogens (tertiary/aromatic N) is 3. The maximum atomic E-state index is 13.4. The van der Waals surface area contributed by atoms with E-state index in [1.54, 1.807) is 42.6 Å². The molecule has 2 aliphatic rings. The summed E-state index contributed by atoms with van der Waals surface area (Å²) in [6.07, 6.45) is 5.68. The quantitative estimate of drug-likeness (QED) is 0.237. The topological polar surface area (TPSA) is 81.6 Å². The first-order valence-electron chi connectivity index (χ1n) is 12.4. The molecule has 2 saturated heterocycles. The van der Waals surface area contributed by atoms with E-state index in [4.69, 9.17) is 9.47 Å². The number of esters is 1. The second-order valence-electron chi connectivity index (χ2n) is 9.09. The summed E-state index contributed by atoms with van der Waals surface area (Å²) in [5.74, 6) is 1.32. The van der Waals surface area contributed by atoms with Crippen molar-refractivity contribution in [3.05, 3.63) is 65.2 Å². The first kappa shape index (κ1) is 26.1. The molecule has 0 saturated carbocycles. The fraction of sp³-hybridized carbons (Fsp3) is 0.407. The smallest absolute Gasteiger partial charge is 0.338 e. The van der Waals surface area contributed by atoms with E-state index in [-0.39, 0.29) is 30.1 Å². The third kappa shape index (κ3) is 6.13. The van der Waals surface area contributed by atoms with Crippen LogP contribution in [0, 0.1) is 0 Å². The molecule has 0 spiro atoms. The molecule has 3 aromatic rings. The zero-order valence-electron chi connectivity index (χ0n) is 20.8. The third-order valence-corrected chi connectivity index (χ3v) is 9.30. The molecule has 194 valence electrons. The molecule has 3 heterocycles. The Morgan fingerprint density at radius 1 is 1.03 bits per heavy atom. The molecule has 2 aliphatic heterocycles. The lowest BCUT2D eigenvalue weighted by atomic mass is 9.98. The summed E-state index contributed by atoms with van der Waals surface area (Å²) in [5, 5.41) is 0.809. The van der Waals surface area contributed by atoms with Gasteiger partial charge in [0.05, 0.1) is 12.2 Å². The van der Waals surface area contributed by atoms with Gasteiger partial charge in [0.25, 0.3) is 5.91 Å². The number of carbonyl (C=O) groups is 2. The molecule has 2 aromatic carbocycles. The van der Waals surface area contributed by atoms with Crippen molar-refractivity contribution < 1.29 is 19.1 Å². The number of aromatic nitrogens is 2. The highest BCUT2D eigenvalue weighted by molar-refractivity contribution is 8.00. The van der Waals surface area contributed by atoms with Crippen LogP contribution in [0.5, 0.6) is 5.75 Å². The summed E-state index contributed by atoms with van der Waals surface area (Å²) in [7, 11) is 0. The number of ether oxygens (including phenoxy) is 2. The Labute approximate surface area is 229 Å². The third-order valence-electron chi connectivity index (χ3n) is 6.73. The average Bonchev–Trinajstić information content (AvgIpc) is 3.49. The predicted octanol–water partition coefficient (Wildman–Crippen LogP) is 5.94. The number of piperidine rings is 1. The molecular formula is C27H29N3O4S3. The molecular weight excluding hydrogens is 527 g/mol. The van der Waals surface area contributed by atoms with E-state index in [9.17, 15) is 9.59 Å². The number of carbonyl (C=O) groups excluding carboxylic acids is 2. The van der Waals surface area contributed by atoms with Gasteiger partial charge in [0.1, 0.15) is 11.9 Å². The zero-order valence-corrected chi connectivity index (χ0v) is 23.2. The first-order chi connectivity index (χ1) is 18.0. The number of hydrogen-bond donors (Lipinski definition) is 0. The Hall–Kier alpha value is -2.56. The Balaban J connectivity index is 1.16. The predicted molar refractivity (Wildman–Crippen MR) is 147 cm³/mol. The molecule has 1 aromatic heterocycles. The molecule has 0 N–H and O–H groups in total. The number of hydrogen-bond acceptors (Lipinski definition) is 9. The minimum absolute atomic E-state index is 0.0568. The van der Waals surface area contributed by atoms with E-state index < -0.39 is 0 Å². The molecule has 2 unspecified atom stereocenters. The van der Waals surface area contributed by atoms with Crippen LogP contribution in [0.4, 0.5) is 0 Å². The maximum absolute atomic E-state index is 13.4. The maximum Gasteiger partial charge on any atom is 0.338 e. The van der Waals surface area contributed by atoms with Crippen LogP contribution in [0.15, 0.2) is 58.0 Å². The van der Waals surface area contributed by atoms with Crippen LogP contribution >= 0.6 is 35.1 Å². The second-order valence-corrected chi connectivity index (χ2v) is 11.8. The second kappa shape index (κ2) is 11.9. The van der Waals surface area contributed by atoms with E-state index in [1.165, 1.54) is 11.5 Å². The largest absolute Gasteiger partial charge is 0.490 e. The first-order valence-corrected chi connectivity index (χ1v) is 15.4. The summed E-state index contributed by atoms with van der Waals surface area (Å²) in [6.45, 7) is 2.14. The molecule has 1 amide bonds. The van der Waals surface area contributed by atoms with Gasteiger partial charge in [-0.15, -0.1) is 0 Å². The lowest BCUT2D eigenvalue weighted by Gasteiger charge is -2.39. The van der Waals surface area contributed by atoms with Crippen LogP contribution in [0.25, 0.3) is 0 Å². The Bertz CT molecular complexity index is 1220. The van der Waals surface area contributed by atoms with Gasteiger partial charge in [-0.1, -0.05) is 35.7 Å². The van der Waals surface area contributed by atoms with E-state index in [0.717, 1.165) is 57.8 Å². The van der Waals surface area contributed by atoms with Crippen molar-refractivity contribution in [2.24, 2.45) is 0 Å². The van der Waals surface area contributed by atoms with E-state index >= 15 is 0 Å². The molecule has 2 fully saturated rings. The Morgan fingerprint density at radius 2 is 1.70 bits per heavy atom. The van der Waals surface area contributed by atoms with E-state index in [0.29, 0.717) is 12.2 Å². The van der Waals surface area contributed by atoms with Gasteiger partial charge in [0, 0.05) is 36.2 Å². The number of thioether (sulfide) groups is 2. The van der Waals surface area contributed by atoms with Crippen LogP contribution in [0.1, 0.15) is 58.9 Å². The lowest BCUT2D eigenvalue weighted by molar-refractivity contribution is 0.0359. The monoisotopic (exact) mass is 555 g/mol. The van der Waals surface area contributed by atoms with Crippen molar-refractivity contribution in [2.75, 3.05) is 12.9 Å². The van der Waals surface area contributed by atoms with Gasteiger partial charge >= 0.3 is 5.97 Å². The van der Waals surface area contributed by atoms with Gasteiger partial charge in [-0.05, 0) is 79.5 Å². The molecule has 0 aliphatic carbocycles. The number of fused-ring (bicyclic) bond motifs is 2. The zero-order chi connectivity index (χ0) is 25.8. The molecule has 10 heteroatoms. The van der Waals surface area contributed by atoms with Crippen LogP contribution in [-0.4, -0.2) is 57.2 Å². The summed E-state index contributed by atoms with van der Waals surface area (Å²) >= 11 is 4.64. The molecule has 0 radical (unpaired) electrons. The van der Waals surface area contributed by atoms with Crippen LogP contribution in [0.2, 0.25) is 0 Å². The van der Waals surface area contributed by atoms with E-state index in [1.807, 2.05) is 42.7 Å². The van der Waals surface area contributed by atoms with Crippen molar-refractivity contribution in [1.29, 1.82) is 0 Å². The van der Waals surface area contributed by atoms with Gasteiger partial charge in [-0.25, -0.2) is 9.78 Å². The summed E-state index contributed by atoms with van der Waals surface area (Å²) in [6, 6.07) is 15.4. The van der Waals surface area contributed by atoms with Crippen molar-refractivity contribution in [3.63, 3.8) is 0 Å². The summed E-state index contributed by atoms with van der Waals surface area (Å²) in [5.41, 5.74) is 2.41. The highest BCUT2D eigenvalue weighted by Crippen LogP contribution is 2.38. The lowest BCUT2D eigenvalue weighted by Crippen LogP contribution is -2.49. The normalized spacial score (nSPS) is 20.6. The molecule has 5 rings (SSSR count). The minimum Gasteiger partial charge on any atom is -0.490 e. The molecule has 7 nitrogen and oxygen atoms in total. The van der Waals surface area contributed by atoms with Gasteiger partial charge in [0.2, 0.25) is 5.16 Å². The fourth-order valence-corrected chi connectivity index (χ4v) is 7.17. The Morgan fingerprint density at radius 3 is 2.32 bits per heavy atom. The van der Waals surface area contributed by atoms with Crippen LogP contribution in [-0.2, 0) is 10.5 Å². The standard InChI is InChI=1S/C27H29N3O4S3/c1-3-33-25(32)19-8-12-22(13-9-19)34-23-14-20-10-11-21(15-23)30(20)24(31)18-6-4-17(5-7-18)16-36-27-28-26(35-2)29-37-27/h4-9,12-13,20-21,23H,3,10-11,14-16H2,1-2H3. The highest BCUT2D eigenvalue weighted by atomic mass is 32.2. The fourth-order valence-electron chi connectivity index (χ4n) is 5.01. The van der Waals surface area contributed by atoms with Crippen molar-refractivity contribution in [2.45, 2.75) is 66.0 Å². The number of amides is 1. The molecule has 2 atom stereocenters. The van der Waals surface area contributed by atoms with Gasteiger partial charge in [-0.3, -0.25) is 4.79 Å². The number of rotatable bonds is 9. The number of benzene rings is 2. The summed E-state index contributed by atoms with van der Waals surface area (Å²) in [4.78, 5) is 31.8. The van der Waals surface area contributed by atoms with Crippen molar-refractivity contribution >= 4 is 46.9 Å². The van der Waals surface area contributed by atoms with Gasteiger partial charge in [0.15, 0.2) is 4.34 Å². The van der Waals surface area contributed by atoms with Gasteiger partial charge < -0.3 is 14.4 Å².